The fourth-order valence-electron chi connectivity index (χ4n) is 4.36. The van der Waals surface area contributed by atoms with Gasteiger partial charge in [-0.2, -0.15) is 0 Å². The third-order valence-corrected chi connectivity index (χ3v) is 5.55. The van der Waals surface area contributed by atoms with Crippen LogP contribution in [0.3, 0.4) is 0 Å². The third kappa shape index (κ3) is 1.94. The molecule has 1 aromatic rings. The topological polar surface area (TPSA) is 12.4 Å². The molecule has 2 aliphatic carbocycles. The molecule has 0 radical (unpaired) electrons. The summed E-state index contributed by atoms with van der Waals surface area (Å²) in [7, 11) is 0. The van der Waals surface area contributed by atoms with Gasteiger partial charge >= 0.3 is 0 Å². The molecule has 0 unspecified atom stereocenters. The van der Waals surface area contributed by atoms with Crippen LogP contribution in [0, 0.1) is 16.7 Å². The van der Waals surface area contributed by atoms with Gasteiger partial charge in [-0.25, -0.2) is 0 Å². The molecule has 0 aliphatic heterocycles. The highest BCUT2D eigenvalue weighted by Crippen LogP contribution is 2.60. The fraction of sp³-hybridized carbons (Fsp3) is 0.611. The van der Waals surface area contributed by atoms with Crippen molar-refractivity contribution in [1.82, 2.24) is 0 Å². The molecule has 0 spiro atoms. The predicted molar refractivity (Wildman–Crippen MR) is 81.5 cm³/mol. The average Bonchev–Trinajstić information content (AvgIpc) is 2.87. The number of aliphatic imine (C=N–C) groups is 1. The first-order valence-corrected chi connectivity index (χ1v) is 7.57. The summed E-state index contributed by atoms with van der Waals surface area (Å²) in [5.41, 5.74) is 3.48. The summed E-state index contributed by atoms with van der Waals surface area (Å²) in [6.07, 6.45) is 4.07. The lowest BCUT2D eigenvalue weighted by atomic mass is 9.70. The smallest absolute Gasteiger partial charge is 0.0720 e. The van der Waals surface area contributed by atoms with Crippen LogP contribution in [0.4, 0.5) is 0 Å². The molecule has 0 amide bonds. The zero-order chi connectivity index (χ0) is 13.7. The molecule has 1 aromatic carbocycles. The Morgan fingerprint density at radius 1 is 1.16 bits per heavy atom. The number of hydrogen-bond acceptors (Lipinski definition) is 1. The van der Waals surface area contributed by atoms with Crippen molar-refractivity contribution < 1.29 is 0 Å². The molecular weight excluding hydrogens is 230 g/mol. The van der Waals surface area contributed by atoms with E-state index >= 15 is 0 Å². The van der Waals surface area contributed by atoms with Crippen molar-refractivity contribution in [1.29, 1.82) is 0 Å². The van der Waals surface area contributed by atoms with Gasteiger partial charge in [-0.3, -0.25) is 4.99 Å². The summed E-state index contributed by atoms with van der Waals surface area (Å²) in [5, 5.41) is 0. The highest BCUT2D eigenvalue weighted by molar-refractivity contribution is 5.98. The van der Waals surface area contributed by atoms with Gasteiger partial charge in [0.15, 0.2) is 0 Å². The summed E-state index contributed by atoms with van der Waals surface area (Å²) in [6.45, 7) is 9.46. The summed E-state index contributed by atoms with van der Waals surface area (Å²) in [4.78, 5) is 5.17. The molecule has 3 rings (SSSR count). The van der Waals surface area contributed by atoms with E-state index in [0.717, 1.165) is 5.92 Å². The zero-order valence-corrected chi connectivity index (χ0v) is 12.6. The highest BCUT2D eigenvalue weighted by Gasteiger charge is 2.57. The van der Waals surface area contributed by atoms with Crippen LogP contribution in [0.5, 0.6) is 0 Å². The lowest BCUT2D eigenvalue weighted by Crippen LogP contribution is -2.36. The number of benzene rings is 1. The maximum Gasteiger partial charge on any atom is 0.0720 e. The van der Waals surface area contributed by atoms with Crippen molar-refractivity contribution >= 4 is 5.71 Å². The molecule has 0 aromatic heterocycles. The van der Waals surface area contributed by atoms with Gasteiger partial charge < -0.3 is 0 Å². The van der Waals surface area contributed by atoms with Crippen molar-refractivity contribution in [2.75, 3.05) is 0 Å². The van der Waals surface area contributed by atoms with Gasteiger partial charge in [-0.05, 0) is 37.7 Å². The van der Waals surface area contributed by atoms with E-state index in [2.05, 4.69) is 58.0 Å². The van der Waals surface area contributed by atoms with Crippen molar-refractivity contribution in [2.45, 2.75) is 53.0 Å². The predicted octanol–water partition coefficient (Wildman–Crippen LogP) is 5.03. The maximum absolute atomic E-state index is 5.17. The summed E-state index contributed by atoms with van der Waals surface area (Å²) >= 11 is 0. The van der Waals surface area contributed by atoms with E-state index < -0.39 is 0 Å². The minimum atomic E-state index is 0.284. The quantitative estimate of drug-likeness (QED) is 0.702. The second-order valence-electron chi connectivity index (χ2n) is 7.29. The lowest BCUT2D eigenvalue weighted by molar-refractivity contribution is 0.331. The van der Waals surface area contributed by atoms with Gasteiger partial charge in [0, 0.05) is 16.5 Å². The van der Waals surface area contributed by atoms with E-state index in [1.165, 1.54) is 30.5 Å². The van der Waals surface area contributed by atoms with Crippen LogP contribution >= 0.6 is 0 Å². The maximum atomic E-state index is 5.17. The second kappa shape index (κ2) is 4.19. The molecule has 2 aliphatic rings. The minimum absolute atomic E-state index is 0.284. The Hall–Kier alpha value is -1.11. The Bertz CT molecular complexity index is 493. The van der Waals surface area contributed by atoms with Gasteiger partial charge in [-0.15, -0.1) is 0 Å². The summed E-state index contributed by atoms with van der Waals surface area (Å²) in [6, 6.07) is 11.0. The number of rotatable bonds is 2. The fourth-order valence-corrected chi connectivity index (χ4v) is 4.36. The molecular formula is C18H25N. The van der Waals surface area contributed by atoms with Crippen molar-refractivity contribution in [3.63, 3.8) is 0 Å². The van der Waals surface area contributed by atoms with Crippen LogP contribution in [0.2, 0.25) is 0 Å². The lowest BCUT2D eigenvalue weighted by Gasteiger charge is -2.36. The van der Waals surface area contributed by atoms with Gasteiger partial charge in [0.1, 0.15) is 0 Å². The standard InChI is InChI=1S/C18H25N/c1-13(14-8-6-5-7-9-14)19-16-17(2,3)15-10-11-18(16,4)12-15/h5-9,13,15H,10-12H2,1-4H3/t13-,15+,18+/m1/s1. The molecule has 19 heavy (non-hydrogen) atoms. The first kappa shape index (κ1) is 12.9. The molecule has 1 heteroatoms. The normalized spacial score (nSPS) is 35.8. The Morgan fingerprint density at radius 3 is 2.42 bits per heavy atom. The van der Waals surface area contributed by atoms with E-state index in [-0.39, 0.29) is 6.04 Å². The Morgan fingerprint density at radius 2 is 1.84 bits per heavy atom. The van der Waals surface area contributed by atoms with Gasteiger partial charge in [0.25, 0.3) is 0 Å². The minimum Gasteiger partial charge on any atom is -0.285 e. The Labute approximate surface area is 117 Å². The Kier molecular flexibility index (Phi) is 2.85. The highest BCUT2D eigenvalue weighted by atomic mass is 14.9. The number of hydrogen-bond donors (Lipinski definition) is 0. The molecule has 0 N–H and O–H groups in total. The van der Waals surface area contributed by atoms with E-state index in [1.807, 2.05) is 0 Å². The SMILES string of the molecule is C[C@@H](N=C1C(C)(C)[C@H]2CC[C@@]1(C)C2)c1ccccc1. The van der Waals surface area contributed by atoms with Crippen LogP contribution in [-0.2, 0) is 0 Å². The van der Waals surface area contributed by atoms with Crippen LogP contribution in [0.15, 0.2) is 35.3 Å². The molecule has 2 saturated carbocycles. The van der Waals surface area contributed by atoms with Crippen LogP contribution < -0.4 is 0 Å². The van der Waals surface area contributed by atoms with Gasteiger partial charge in [-0.1, -0.05) is 51.1 Å². The molecule has 1 nitrogen and oxygen atoms in total. The molecule has 0 heterocycles. The van der Waals surface area contributed by atoms with Crippen LogP contribution in [-0.4, -0.2) is 5.71 Å². The third-order valence-electron chi connectivity index (χ3n) is 5.55. The van der Waals surface area contributed by atoms with Crippen molar-refractivity contribution in [3.8, 4) is 0 Å². The second-order valence-corrected chi connectivity index (χ2v) is 7.29. The molecule has 0 saturated heterocycles. The molecule has 2 bridgehead atoms. The molecule has 102 valence electrons. The first-order chi connectivity index (χ1) is 8.93. The van der Waals surface area contributed by atoms with Crippen LogP contribution in [0.25, 0.3) is 0 Å². The number of fused-ring (bicyclic) bond motifs is 2. The van der Waals surface area contributed by atoms with Gasteiger partial charge in [0.05, 0.1) is 6.04 Å². The van der Waals surface area contributed by atoms with Crippen molar-refractivity contribution in [3.05, 3.63) is 35.9 Å². The summed E-state index contributed by atoms with van der Waals surface area (Å²) in [5.74, 6) is 0.847. The van der Waals surface area contributed by atoms with E-state index in [0.29, 0.717) is 10.8 Å². The average molecular weight is 255 g/mol. The van der Waals surface area contributed by atoms with Gasteiger partial charge in [0.2, 0.25) is 0 Å². The molecule has 3 atom stereocenters. The summed E-state index contributed by atoms with van der Waals surface area (Å²) < 4.78 is 0. The Balaban J connectivity index is 1.95. The van der Waals surface area contributed by atoms with Crippen molar-refractivity contribution in [2.24, 2.45) is 21.7 Å². The van der Waals surface area contributed by atoms with E-state index in [1.54, 1.807) is 0 Å². The zero-order valence-electron chi connectivity index (χ0n) is 12.6. The first-order valence-electron chi connectivity index (χ1n) is 7.57. The van der Waals surface area contributed by atoms with Crippen LogP contribution in [0.1, 0.15) is 58.6 Å². The van der Waals surface area contributed by atoms with E-state index in [9.17, 15) is 0 Å². The molecule has 2 fully saturated rings. The van der Waals surface area contributed by atoms with E-state index in [4.69, 9.17) is 4.99 Å². The largest absolute Gasteiger partial charge is 0.285 e. The number of nitrogens with zero attached hydrogens (tertiary/aromatic N) is 1. The monoisotopic (exact) mass is 255 g/mol.